The molecule has 2 aromatic rings. The summed E-state index contributed by atoms with van der Waals surface area (Å²) in [6, 6.07) is 7.51. The number of ether oxygens (including phenoxy) is 1. The Morgan fingerprint density at radius 3 is 2.72 bits per heavy atom. The largest absolute Gasteiger partial charge is 0.439 e. The molecule has 0 unspecified atom stereocenters. The van der Waals surface area contributed by atoms with Gasteiger partial charge in [-0.3, -0.25) is 0 Å². The molecule has 0 amide bonds. The molecule has 0 aliphatic carbocycles. The highest BCUT2D eigenvalue weighted by atomic mass is 35.5. The van der Waals surface area contributed by atoms with Crippen LogP contribution in [-0.2, 0) is 6.54 Å². The molecule has 0 aliphatic rings. The lowest BCUT2D eigenvalue weighted by Gasteiger charge is -2.08. The number of rotatable bonds is 4. The van der Waals surface area contributed by atoms with Crippen LogP contribution >= 0.6 is 11.6 Å². The van der Waals surface area contributed by atoms with Crippen molar-refractivity contribution in [1.29, 1.82) is 0 Å². The number of aromatic nitrogens is 1. The Bertz CT molecular complexity index is 531. The molecule has 94 valence electrons. The monoisotopic (exact) mass is 266 g/mol. The van der Waals surface area contributed by atoms with E-state index in [9.17, 15) is 4.39 Å². The van der Waals surface area contributed by atoms with Crippen molar-refractivity contribution in [2.24, 2.45) is 0 Å². The van der Waals surface area contributed by atoms with Gasteiger partial charge in [0.25, 0.3) is 0 Å². The summed E-state index contributed by atoms with van der Waals surface area (Å²) in [5.41, 5.74) is 0.895. The second-order valence-corrected chi connectivity index (χ2v) is 4.11. The summed E-state index contributed by atoms with van der Waals surface area (Å²) in [7, 11) is 1.83. The molecule has 0 atom stereocenters. The Hall–Kier alpha value is -1.65. The van der Waals surface area contributed by atoms with Crippen molar-refractivity contribution in [3.63, 3.8) is 0 Å². The second-order valence-electron chi connectivity index (χ2n) is 3.70. The van der Waals surface area contributed by atoms with Crippen LogP contribution in [0.5, 0.6) is 11.6 Å². The molecule has 1 aromatic carbocycles. The topological polar surface area (TPSA) is 34.1 Å². The fourth-order valence-corrected chi connectivity index (χ4v) is 1.63. The highest BCUT2D eigenvalue weighted by molar-refractivity contribution is 6.31. The Kier molecular flexibility index (Phi) is 4.12. The molecule has 0 spiro atoms. The zero-order valence-electron chi connectivity index (χ0n) is 9.78. The summed E-state index contributed by atoms with van der Waals surface area (Å²) in [6.07, 6.45) is 1.53. The molecule has 1 aromatic heterocycles. The summed E-state index contributed by atoms with van der Waals surface area (Å²) >= 11 is 5.99. The van der Waals surface area contributed by atoms with Crippen molar-refractivity contribution in [2.75, 3.05) is 7.05 Å². The molecule has 2 rings (SSSR count). The van der Waals surface area contributed by atoms with E-state index >= 15 is 0 Å². The highest BCUT2D eigenvalue weighted by Crippen LogP contribution is 2.23. The molecule has 1 N–H and O–H groups in total. The van der Waals surface area contributed by atoms with Crippen LogP contribution in [0.1, 0.15) is 5.56 Å². The smallest absolute Gasteiger partial charge is 0.219 e. The maximum atomic E-state index is 12.7. The Labute approximate surface area is 110 Å². The zero-order chi connectivity index (χ0) is 13.0. The van der Waals surface area contributed by atoms with Crippen LogP contribution in [0.15, 0.2) is 36.5 Å². The Morgan fingerprint density at radius 2 is 2.06 bits per heavy atom. The average molecular weight is 267 g/mol. The second kappa shape index (κ2) is 5.80. The average Bonchev–Trinajstić information content (AvgIpc) is 2.37. The first kappa shape index (κ1) is 12.8. The maximum Gasteiger partial charge on any atom is 0.219 e. The van der Waals surface area contributed by atoms with Gasteiger partial charge >= 0.3 is 0 Å². The lowest BCUT2D eigenvalue weighted by atomic mass is 10.2. The molecule has 3 nitrogen and oxygen atoms in total. The number of benzene rings is 1. The van der Waals surface area contributed by atoms with Crippen molar-refractivity contribution in [2.45, 2.75) is 6.54 Å². The fraction of sp³-hybridized carbons (Fsp3) is 0.154. The van der Waals surface area contributed by atoms with Crippen molar-refractivity contribution >= 4 is 11.6 Å². The van der Waals surface area contributed by atoms with Gasteiger partial charge in [0.15, 0.2) is 0 Å². The third kappa shape index (κ3) is 3.18. The van der Waals surface area contributed by atoms with E-state index in [1.54, 1.807) is 18.2 Å². The lowest BCUT2D eigenvalue weighted by molar-refractivity contribution is 0.460. The molecule has 0 saturated carbocycles. The molecule has 0 saturated heterocycles. The lowest BCUT2D eigenvalue weighted by Crippen LogP contribution is -2.06. The predicted molar refractivity (Wildman–Crippen MR) is 68.5 cm³/mol. The van der Waals surface area contributed by atoms with E-state index in [-0.39, 0.29) is 5.82 Å². The third-order valence-corrected chi connectivity index (χ3v) is 2.65. The van der Waals surface area contributed by atoms with Gasteiger partial charge in [-0.2, -0.15) is 0 Å². The van der Waals surface area contributed by atoms with Gasteiger partial charge in [-0.05, 0) is 36.9 Å². The van der Waals surface area contributed by atoms with Gasteiger partial charge in [0.1, 0.15) is 11.6 Å². The van der Waals surface area contributed by atoms with E-state index in [1.165, 1.54) is 18.3 Å². The van der Waals surface area contributed by atoms with Crippen LogP contribution in [0.25, 0.3) is 0 Å². The van der Waals surface area contributed by atoms with Crippen LogP contribution < -0.4 is 10.1 Å². The third-order valence-electron chi connectivity index (χ3n) is 2.31. The maximum absolute atomic E-state index is 12.7. The number of nitrogens with zero attached hydrogens (tertiary/aromatic N) is 1. The summed E-state index contributed by atoms with van der Waals surface area (Å²) in [6.45, 7) is 0.626. The Balaban J connectivity index is 2.18. The van der Waals surface area contributed by atoms with Gasteiger partial charge in [-0.25, -0.2) is 9.37 Å². The van der Waals surface area contributed by atoms with E-state index in [0.717, 1.165) is 5.56 Å². The molecule has 0 bridgehead atoms. The quantitative estimate of drug-likeness (QED) is 0.921. The molecule has 18 heavy (non-hydrogen) atoms. The van der Waals surface area contributed by atoms with Gasteiger partial charge in [0, 0.05) is 18.8 Å². The first-order chi connectivity index (χ1) is 8.69. The zero-order valence-corrected chi connectivity index (χ0v) is 10.5. The molecular formula is C13H12ClFN2O. The SMILES string of the molecule is CNCc1cc(Oc2ccc(F)cc2)ncc1Cl. The summed E-state index contributed by atoms with van der Waals surface area (Å²) in [5.74, 6) is 0.653. The minimum atomic E-state index is -0.303. The van der Waals surface area contributed by atoms with Crippen LogP contribution in [0.3, 0.4) is 0 Å². The summed E-state index contributed by atoms with van der Waals surface area (Å²) in [5, 5.41) is 3.59. The molecule has 0 radical (unpaired) electrons. The van der Waals surface area contributed by atoms with Crippen LogP contribution in [0, 0.1) is 5.82 Å². The predicted octanol–water partition coefficient (Wildman–Crippen LogP) is 3.39. The molecule has 5 heteroatoms. The first-order valence-electron chi connectivity index (χ1n) is 5.41. The van der Waals surface area contributed by atoms with Gasteiger partial charge in [0.05, 0.1) is 5.02 Å². The highest BCUT2D eigenvalue weighted by Gasteiger charge is 2.04. The number of halogens is 2. The van der Waals surface area contributed by atoms with Gasteiger partial charge in [0.2, 0.25) is 5.88 Å². The summed E-state index contributed by atoms with van der Waals surface area (Å²) in [4.78, 5) is 4.06. The number of hydrogen-bond donors (Lipinski definition) is 1. The van der Waals surface area contributed by atoms with E-state index in [4.69, 9.17) is 16.3 Å². The van der Waals surface area contributed by atoms with E-state index in [2.05, 4.69) is 10.3 Å². The normalized spacial score (nSPS) is 10.4. The van der Waals surface area contributed by atoms with Crippen LogP contribution in [0.4, 0.5) is 4.39 Å². The van der Waals surface area contributed by atoms with E-state index < -0.39 is 0 Å². The summed E-state index contributed by atoms with van der Waals surface area (Å²) < 4.78 is 18.3. The van der Waals surface area contributed by atoms with Gasteiger partial charge in [-0.1, -0.05) is 11.6 Å². The molecule has 0 aliphatic heterocycles. The van der Waals surface area contributed by atoms with Gasteiger partial charge in [-0.15, -0.1) is 0 Å². The van der Waals surface area contributed by atoms with Crippen molar-refractivity contribution < 1.29 is 9.13 Å². The van der Waals surface area contributed by atoms with Crippen molar-refractivity contribution in [3.8, 4) is 11.6 Å². The number of pyridine rings is 1. The standard InChI is InChI=1S/C13H12ClFN2O/c1-16-7-9-6-13(17-8-12(9)14)18-11-4-2-10(15)3-5-11/h2-6,8,16H,7H2,1H3. The van der Waals surface area contributed by atoms with Crippen molar-refractivity contribution in [3.05, 3.63) is 52.9 Å². The van der Waals surface area contributed by atoms with Crippen LogP contribution in [0.2, 0.25) is 5.02 Å². The van der Waals surface area contributed by atoms with E-state index in [1.807, 2.05) is 7.05 Å². The number of hydrogen-bond acceptors (Lipinski definition) is 3. The van der Waals surface area contributed by atoms with Crippen LogP contribution in [-0.4, -0.2) is 12.0 Å². The first-order valence-corrected chi connectivity index (χ1v) is 5.79. The molecule has 1 heterocycles. The minimum Gasteiger partial charge on any atom is -0.439 e. The number of nitrogens with one attached hydrogen (secondary N) is 1. The molecular weight excluding hydrogens is 255 g/mol. The fourth-order valence-electron chi connectivity index (χ4n) is 1.46. The Morgan fingerprint density at radius 1 is 1.33 bits per heavy atom. The van der Waals surface area contributed by atoms with E-state index in [0.29, 0.717) is 23.2 Å². The minimum absolute atomic E-state index is 0.303. The van der Waals surface area contributed by atoms with Crippen molar-refractivity contribution in [1.82, 2.24) is 10.3 Å². The van der Waals surface area contributed by atoms with Gasteiger partial charge < -0.3 is 10.1 Å². The molecule has 0 fully saturated rings.